The lowest BCUT2D eigenvalue weighted by atomic mass is 10.00. The minimum atomic E-state index is -4.95. The van der Waals surface area contributed by atoms with Gasteiger partial charge in [0.25, 0.3) is 0 Å². The Morgan fingerprint density at radius 2 is 0.527 bits per heavy atom. The van der Waals surface area contributed by atoms with E-state index in [1.54, 1.807) is 0 Å². The molecule has 0 rings (SSSR count). The molecular weight excluding hydrogens is 1200 g/mol. The maximum atomic E-state index is 13.0. The van der Waals surface area contributed by atoms with E-state index >= 15 is 0 Å². The van der Waals surface area contributed by atoms with Crippen LogP contribution in [0.1, 0.15) is 357 Å². The molecule has 0 aromatic heterocycles. The number of phosphoric acid groups is 2. The van der Waals surface area contributed by atoms with Crippen molar-refractivity contribution in [2.24, 2.45) is 23.7 Å². The maximum absolute atomic E-state index is 13.0. The van der Waals surface area contributed by atoms with Gasteiger partial charge < -0.3 is 33.8 Å². The summed E-state index contributed by atoms with van der Waals surface area (Å²) >= 11 is 0. The normalized spacial score (nSPS) is 14.5. The molecule has 0 fully saturated rings. The standard InChI is InChI=1S/C72H140O17P2/c1-9-65(8)51-43-35-30-31-37-45-53-70(75)83-59-68(88-71(76)54-46-38-28-22-18-14-16-20-25-33-41-49-63(4)5)61-87-91(80,81)85-57-66(73)56-84-90(78,79)86-60-67(89-72(77)55-47-39-29-23-26-34-42-50-64(6)7)58-82-69(74)52-44-36-27-21-17-13-11-10-12-15-19-24-32-40-48-62(2)3/h62-68,73H,9-61H2,1-8H3,(H,78,79)(H,80,81)/t65?,66-,67-,68-/m1/s1. The fourth-order valence-electron chi connectivity index (χ4n) is 10.8. The summed E-state index contributed by atoms with van der Waals surface area (Å²) < 4.78 is 68.3. The molecule has 0 heterocycles. The Bertz CT molecular complexity index is 1800. The first-order valence-electron chi connectivity index (χ1n) is 37.2. The molecule has 6 atom stereocenters. The van der Waals surface area contributed by atoms with E-state index in [4.69, 9.17) is 37.0 Å². The van der Waals surface area contributed by atoms with Crippen LogP contribution in [0.3, 0.4) is 0 Å². The number of ether oxygens (including phenoxy) is 4. The maximum Gasteiger partial charge on any atom is 0.472 e. The van der Waals surface area contributed by atoms with Gasteiger partial charge in [0.05, 0.1) is 26.4 Å². The molecule has 3 N–H and O–H groups in total. The van der Waals surface area contributed by atoms with Crippen molar-refractivity contribution in [3.63, 3.8) is 0 Å². The monoisotopic (exact) mass is 1340 g/mol. The Balaban J connectivity index is 5.21. The first kappa shape index (κ1) is 89.1. The molecule has 0 aliphatic rings. The third-order valence-corrected chi connectivity index (χ3v) is 18.8. The number of hydrogen-bond donors (Lipinski definition) is 3. The zero-order valence-corrected chi connectivity index (χ0v) is 61.3. The van der Waals surface area contributed by atoms with E-state index in [1.807, 2.05) is 0 Å². The van der Waals surface area contributed by atoms with Crippen molar-refractivity contribution in [2.45, 2.75) is 375 Å². The van der Waals surface area contributed by atoms with Crippen molar-refractivity contribution < 1.29 is 80.2 Å². The number of aliphatic hydroxyl groups is 1. The molecule has 0 radical (unpaired) electrons. The third-order valence-electron chi connectivity index (χ3n) is 16.9. The van der Waals surface area contributed by atoms with Crippen LogP contribution < -0.4 is 0 Å². The predicted molar refractivity (Wildman–Crippen MR) is 367 cm³/mol. The van der Waals surface area contributed by atoms with Gasteiger partial charge in [-0.1, -0.05) is 306 Å². The first-order valence-corrected chi connectivity index (χ1v) is 40.2. The van der Waals surface area contributed by atoms with Crippen LogP contribution in [0.2, 0.25) is 0 Å². The highest BCUT2D eigenvalue weighted by Gasteiger charge is 2.30. The van der Waals surface area contributed by atoms with E-state index in [9.17, 15) is 43.2 Å². The van der Waals surface area contributed by atoms with Crippen molar-refractivity contribution in [1.82, 2.24) is 0 Å². The lowest BCUT2D eigenvalue weighted by Crippen LogP contribution is -2.30. The molecule has 19 heteroatoms. The highest BCUT2D eigenvalue weighted by atomic mass is 31.2. The summed E-state index contributed by atoms with van der Waals surface area (Å²) in [5.41, 5.74) is 0. The van der Waals surface area contributed by atoms with Gasteiger partial charge in [0.2, 0.25) is 0 Å². The van der Waals surface area contributed by atoms with Crippen LogP contribution >= 0.6 is 15.6 Å². The molecule has 0 bridgehead atoms. The van der Waals surface area contributed by atoms with Crippen LogP contribution in [-0.2, 0) is 65.4 Å². The Morgan fingerprint density at radius 1 is 0.308 bits per heavy atom. The van der Waals surface area contributed by atoms with Crippen LogP contribution in [0.4, 0.5) is 0 Å². The van der Waals surface area contributed by atoms with Crippen LogP contribution in [0.15, 0.2) is 0 Å². The minimum Gasteiger partial charge on any atom is -0.462 e. The van der Waals surface area contributed by atoms with Gasteiger partial charge in [-0.2, -0.15) is 0 Å². The van der Waals surface area contributed by atoms with E-state index in [0.717, 1.165) is 114 Å². The molecule has 0 aromatic rings. The zero-order valence-electron chi connectivity index (χ0n) is 59.5. The Hall–Kier alpha value is -1.94. The average molecular weight is 1340 g/mol. The van der Waals surface area contributed by atoms with Gasteiger partial charge in [0.1, 0.15) is 19.3 Å². The first-order chi connectivity index (χ1) is 43.6. The third kappa shape index (κ3) is 65.1. The molecule has 540 valence electrons. The summed E-state index contributed by atoms with van der Waals surface area (Å²) in [6.45, 7) is 14.1. The number of unbranched alkanes of at least 4 members (excludes halogenated alkanes) is 34. The summed E-state index contributed by atoms with van der Waals surface area (Å²) in [5, 5.41) is 10.6. The molecule has 0 aliphatic heterocycles. The van der Waals surface area contributed by atoms with E-state index in [1.165, 1.54) is 154 Å². The Kier molecular flexibility index (Phi) is 60.3. The second-order valence-electron chi connectivity index (χ2n) is 27.6. The van der Waals surface area contributed by atoms with E-state index in [-0.39, 0.29) is 25.7 Å². The fourth-order valence-corrected chi connectivity index (χ4v) is 12.4. The largest absolute Gasteiger partial charge is 0.472 e. The SMILES string of the molecule is CCC(C)CCCCCCCCC(=O)OC[C@H](COP(=O)(O)OC[C@H](O)COP(=O)(O)OC[C@@H](COC(=O)CCCCCCCCCCCCCCCCC(C)C)OC(=O)CCCCCCCCCC(C)C)OC(=O)CCCCCCCCCCCCCC(C)C. The molecule has 3 unspecified atom stereocenters. The van der Waals surface area contributed by atoms with E-state index in [0.29, 0.717) is 31.6 Å². The highest BCUT2D eigenvalue weighted by molar-refractivity contribution is 7.47. The van der Waals surface area contributed by atoms with E-state index < -0.39 is 97.5 Å². The summed E-state index contributed by atoms with van der Waals surface area (Å²) in [4.78, 5) is 72.6. The van der Waals surface area contributed by atoms with Crippen LogP contribution in [0, 0.1) is 23.7 Å². The van der Waals surface area contributed by atoms with Crippen molar-refractivity contribution >= 4 is 39.5 Å². The molecule has 17 nitrogen and oxygen atoms in total. The topological polar surface area (TPSA) is 237 Å². The zero-order chi connectivity index (χ0) is 67.5. The Labute approximate surface area is 556 Å². The lowest BCUT2D eigenvalue weighted by molar-refractivity contribution is -0.161. The number of esters is 4. The summed E-state index contributed by atoms with van der Waals surface area (Å²) in [7, 11) is -9.90. The molecule has 91 heavy (non-hydrogen) atoms. The van der Waals surface area contributed by atoms with Gasteiger partial charge in [0.15, 0.2) is 12.2 Å². The van der Waals surface area contributed by atoms with Crippen molar-refractivity contribution in [1.29, 1.82) is 0 Å². The fraction of sp³-hybridized carbons (Fsp3) is 0.944. The molecule has 0 spiro atoms. The van der Waals surface area contributed by atoms with E-state index in [2.05, 4.69) is 55.4 Å². The molecule has 0 aliphatic carbocycles. The van der Waals surface area contributed by atoms with Gasteiger partial charge in [-0.25, -0.2) is 9.13 Å². The smallest absolute Gasteiger partial charge is 0.462 e. The minimum absolute atomic E-state index is 0.103. The van der Waals surface area contributed by atoms with Crippen molar-refractivity contribution in [3.05, 3.63) is 0 Å². The Morgan fingerprint density at radius 3 is 0.780 bits per heavy atom. The second kappa shape index (κ2) is 61.6. The average Bonchev–Trinajstić information content (AvgIpc) is 3.31. The number of carbonyl (C=O) groups excluding carboxylic acids is 4. The molecule has 0 aromatic carbocycles. The highest BCUT2D eigenvalue weighted by Crippen LogP contribution is 2.45. The second-order valence-corrected chi connectivity index (χ2v) is 30.6. The van der Waals surface area contributed by atoms with Crippen molar-refractivity contribution in [3.8, 4) is 0 Å². The number of carbonyl (C=O) groups is 4. The van der Waals surface area contributed by atoms with Gasteiger partial charge in [0, 0.05) is 25.7 Å². The van der Waals surface area contributed by atoms with Crippen LogP contribution in [-0.4, -0.2) is 96.7 Å². The molecule has 0 amide bonds. The van der Waals surface area contributed by atoms with Crippen molar-refractivity contribution in [2.75, 3.05) is 39.6 Å². The van der Waals surface area contributed by atoms with Gasteiger partial charge in [-0.3, -0.25) is 37.3 Å². The predicted octanol–water partition coefficient (Wildman–Crippen LogP) is 20.5. The van der Waals surface area contributed by atoms with Crippen LogP contribution in [0.5, 0.6) is 0 Å². The molecular formula is C72H140O17P2. The molecule has 0 saturated heterocycles. The number of aliphatic hydroxyl groups excluding tert-OH is 1. The number of phosphoric ester groups is 2. The number of rotatable bonds is 69. The summed E-state index contributed by atoms with van der Waals surface area (Å²) in [5.74, 6) is 0.862. The number of hydrogen-bond acceptors (Lipinski definition) is 15. The summed E-state index contributed by atoms with van der Waals surface area (Å²) in [6.07, 6.45) is 44.6. The lowest BCUT2D eigenvalue weighted by Gasteiger charge is -2.21. The van der Waals surface area contributed by atoms with Gasteiger partial charge in [-0.05, 0) is 49.4 Å². The van der Waals surface area contributed by atoms with Gasteiger partial charge in [-0.15, -0.1) is 0 Å². The molecule has 0 saturated carbocycles. The van der Waals surface area contributed by atoms with Gasteiger partial charge >= 0.3 is 39.5 Å². The van der Waals surface area contributed by atoms with Crippen LogP contribution in [0.25, 0.3) is 0 Å². The summed E-state index contributed by atoms with van der Waals surface area (Å²) in [6, 6.07) is 0. The quantitative estimate of drug-likeness (QED) is 0.0222.